The number of alkyl carbamates (subject to hydrolysis) is 1. The molecule has 2 amide bonds. The van der Waals surface area contributed by atoms with E-state index >= 15 is 0 Å². The summed E-state index contributed by atoms with van der Waals surface area (Å²) in [4.78, 5) is 34.6. The van der Waals surface area contributed by atoms with Crippen molar-refractivity contribution in [3.8, 4) is 11.3 Å². The predicted molar refractivity (Wildman–Crippen MR) is 183 cm³/mol. The maximum absolute atomic E-state index is 13.6. The maximum atomic E-state index is 13.6. The number of carbonyl (C=O) groups is 2. The number of hydrogen-bond donors (Lipinski definition) is 3. The van der Waals surface area contributed by atoms with Crippen molar-refractivity contribution in [2.75, 3.05) is 6.61 Å². The molecule has 7 heteroatoms. The van der Waals surface area contributed by atoms with E-state index in [1.54, 1.807) is 12.3 Å². The fourth-order valence-corrected chi connectivity index (χ4v) is 5.98. The molecule has 1 aliphatic carbocycles. The van der Waals surface area contributed by atoms with Crippen LogP contribution in [-0.4, -0.2) is 34.6 Å². The van der Waals surface area contributed by atoms with Crippen molar-refractivity contribution in [3.63, 3.8) is 0 Å². The molecule has 3 N–H and O–H groups in total. The average Bonchev–Trinajstić information content (AvgIpc) is 3.67. The summed E-state index contributed by atoms with van der Waals surface area (Å²) >= 11 is 0. The lowest BCUT2D eigenvalue weighted by Gasteiger charge is -2.20. The first kappa shape index (κ1) is 30.3. The number of nitrogens with zero attached hydrogens (tertiary/aromatic N) is 1. The summed E-state index contributed by atoms with van der Waals surface area (Å²) in [6, 6.07) is 31.2. The zero-order valence-electron chi connectivity index (χ0n) is 25.7. The quantitative estimate of drug-likeness (QED) is 0.135. The number of aromatic amines is 1. The van der Waals surface area contributed by atoms with Crippen molar-refractivity contribution in [2.24, 2.45) is 0 Å². The Labute approximate surface area is 268 Å². The summed E-state index contributed by atoms with van der Waals surface area (Å²) in [5.41, 5.74) is 7.25. The minimum absolute atomic E-state index is 0.122. The van der Waals surface area contributed by atoms with Crippen LogP contribution in [0.2, 0.25) is 0 Å². The maximum Gasteiger partial charge on any atom is 0.407 e. The van der Waals surface area contributed by atoms with E-state index in [4.69, 9.17) is 4.74 Å². The fraction of sp³-hybridized carbons (Fsp3) is 0.154. The Morgan fingerprint density at radius 1 is 0.978 bits per heavy atom. The third-order valence-corrected chi connectivity index (χ3v) is 8.35. The van der Waals surface area contributed by atoms with Gasteiger partial charge in [-0.05, 0) is 51.1 Å². The topological polar surface area (TPSA) is 96.1 Å². The molecule has 0 radical (unpaired) electrons. The van der Waals surface area contributed by atoms with E-state index in [9.17, 15) is 9.59 Å². The monoisotopic (exact) mass is 608 g/mol. The molecule has 0 bridgehead atoms. The number of nitrogens with one attached hydrogen (secondary N) is 3. The lowest BCUT2D eigenvalue weighted by molar-refractivity contribution is -0.123. The first-order chi connectivity index (χ1) is 22.5. The molecule has 2 unspecified atom stereocenters. The molecule has 1 aromatic heterocycles. The molecule has 4 aromatic carbocycles. The summed E-state index contributed by atoms with van der Waals surface area (Å²) in [5.74, 6) is 0.157. The first-order valence-corrected chi connectivity index (χ1v) is 15.4. The number of carbonyl (C=O) groups excluding carboxylic acids is 2. The van der Waals surface area contributed by atoms with E-state index in [2.05, 4.69) is 46.2 Å². The number of H-pyrrole nitrogens is 1. The van der Waals surface area contributed by atoms with Crippen LogP contribution in [0, 0.1) is 0 Å². The van der Waals surface area contributed by atoms with E-state index in [-0.39, 0.29) is 31.4 Å². The molecule has 7 nitrogen and oxygen atoms in total. The highest BCUT2D eigenvalue weighted by Crippen LogP contribution is 2.42. The molecule has 5 aromatic rings. The number of rotatable bonds is 11. The SMILES string of the molecule is C=C/C=C\C1=C(C)c2ccccc2C1COC(=O)NC(Cc1ccc2ccccc2c1)C(=O)NCc1ncc(-c2ccccc2)[nH]1. The molecule has 1 aliphatic rings. The second-order valence-corrected chi connectivity index (χ2v) is 11.3. The van der Waals surface area contributed by atoms with Crippen LogP contribution in [0.4, 0.5) is 4.79 Å². The Morgan fingerprint density at radius 2 is 1.74 bits per heavy atom. The molecule has 0 fully saturated rings. The number of imidazole rings is 1. The molecule has 0 saturated heterocycles. The lowest BCUT2D eigenvalue weighted by Crippen LogP contribution is -2.48. The van der Waals surface area contributed by atoms with Crippen molar-refractivity contribution in [1.29, 1.82) is 0 Å². The van der Waals surface area contributed by atoms with Gasteiger partial charge in [-0.25, -0.2) is 9.78 Å². The Kier molecular flexibility index (Phi) is 9.20. The van der Waals surface area contributed by atoms with Crippen LogP contribution in [-0.2, 0) is 22.5 Å². The highest BCUT2D eigenvalue weighted by Gasteiger charge is 2.29. The van der Waals surface area contributed by atoms with Gasteiger partial charge in [0.05, 0.1) is 18.4 Å². The predicted octanol–water partition coefficient (Wildman–Crippen LogP) is 7.50. The minimum atomic E-state index is -0.870. The van der Waals surface area contributed by atoms with Crippen molar-refractivity contribution in [2.45, 2.75) is 31.8 Å². The van der Waals surface area contributed by atoms with Crippen LogP contribution in [0.25, 0.3) is 27.6 Å². The van der Waals surface area contributed by atoms with Gasteiger partial charge in [0.25, 0.3) is 0 Å². The number of fused-ring (bicyclic) bond motifs is 2. The highest BCUT2D eigenvalue weighted by atomic mass is 16.5. The molecule has 2 atom stereocenters. The molecule has 0 saturated carbocycles. The van der Waals surface area contributed by atoms with Crippen LogP contribution in [0.5, 0.6) is 0 Å². The molecule has 230 valence electrons. The minimum Gasteiger partial charge on any atom is -0.449 e. The van der Waals surface area contributed by atoms with Crippen LogP contribution in [0.15, 0.2) is 134 Å². The Bertz CT molecular complexity index is 1940. The van der Waals surface area contributed by atoms with Gasteiger partial charge in [0, 0.05) is 12.3 Å². The number of amides is 2. The zero-order chi connectivity index (χ0) is 31.9. The van der Waals surface area contributed by atoms with Gasteiger partial charge in [-0.2, -0.15) is 0 Å². The van der Waals surface area contributed by atoms with Crippen molar-refractivity contribution in [1.82, 2.24) is 20.6 Å². The van der Waals surface area contributed by atoms with Gasteiger partial charge in [-0.3, -0.25) is 4.79 Å². The zero-order valence-corrected chi connectivity index (χ0v) is 25.7. The summed E-state index contributed by atoms with van der Waals surface area (Å²) in [5, 5.41) is 7.96. The largest absolute Gasteiger partial charge is 0.449 e. The second-order valence-electron chi connectivity index (χ2n) is 11.3. The normalized spacial score (nSPS) is 14.7. The van der Waals surface area contributed by atoms with Crippen LogP contribution in [0.3, 0.4) is 0 Å². The van der Waals surface area contributed by atoms with Gasteiger partial charge in [0.2, 0.25) is 5.91 Å². The molecule has 0 spiro atoms. The van der Waals surface area contributed by atoms with Crippen LogP contribution in [0.1, 0.15) is 35.4 Å². The second kappa shape index (κ2) is 13.9. The summed E-state index contributed by atoms with van der Waals surface area (Å²) < 4.78 is 5.80. The highest BCUT2D eigenvalue weighted by molar-refractivity contribution is 5.87. The Balaban J connectivity index is 1.16. The smallest absolute Gasteiger partial charge is 0.407 e. The summed E-state index contributed by atoms with van der Waals surface area (Å²) in [6.45, 7) is 6.19. The molecule has 6 rings (SSSR count). The molecular formula is C39H36N4O3. The summed E-state index contributed by atoms with van der Waals surface area (Å²) in [7, 11) is 0. The van der Waals surface area contributed by atoms with Crippen molar-refractivity contribution in [3.05, 3.63) is 156 Å². The van der Waals surface area contributed by atoms with Crippen molar-refractivity contribution >= 4 is 28.3 Å². The molecule has 46 heavy (non-hydrogen) atoms. The summed E-state index contributed by atoms with van der Waals surface area (Å²) in [6.07, 6.45) is 7.02. The Hall–Kier alpha value is -5.69. The lowest BCUT2D eigenvalue weighted by atomic mass is 9.96. The number of hydrogen-bond acceptors (Lipinski definition) is 4. The molecule has 1 heterocycles. The van der Waals surface area contributed by atoms with E-state index in [1.165, 1.54) is 0 Å². The molecular weight excluding hydrogens is 572 g/mol. The fourth-order valence-electron chi connectivity index (χ4n) is 5.98. The van der Waals surface area contributed by atoms with Gasteiger partial charge in [0.15, 0.2) is 0 Å². The van der Waals surface area contributed by atoms with Gasteiger partial charge in [0.1, 0.15) is 18.5 Å². The number of allylic oxidation sites excluding steroid dienone is 4. The van der Waals surface area contributed by atoms with Crippen molar-refractivity contribution < 1.29 is 14.3 Å². The van der Waals surface area contributed by atoms with Crippen LogP contribution >= 0.6 is 0 Å². The van der Waals surface area contributed by atoms with Crippen LogP contribution < -0.4 is 10.6 Å². The average molecular weight is 609 g/mol. The van der Waals surface area contributed by atoms with Gasteiger partial charge >= 0.3 is 6.09 Å². The standard InChI is InChI=1S/C39H36N4O3/c1-3-4-16-32-26(2)31-17-10-11-18-33(31)34(32)25-46-39(45)43-35(22-27-19-20-28-12-8-9-15-30(28)21-27)38(44)41-24-37-40-23-36(42-37)29-13-6-5-7-14-29/h3-21,23,34-35H,1,22,24-25H2,2H3,(H,40,42)(H,41,44)(H,43,45)/b16-4-. The third-order valence-electron chi connectivity index (χ3n) is 8.35. The van der Waals surface area contributed by atoms with E-state index in [0.29, 0.717) is 5.82 Å². The molecule has 0 aliphatic heterocycles. The number of ether oxygens (including phenoxy) is 1. The van der Waals surface area contributed by atoms with Gasteiger partial charge in [-0.1, -0.05) is 122 Å². The number of benzene rings is 4. The van der Waals surface area contributed by atoms with E-state index in [0.717, 1.165) is 49.9 Å². The van der Waals surface area contributed by atoms with E-state index in [1.807, 2.05) is 97.1 Å². The van der Waals surface area contributed by atoms with Gasteiger partial charge < -0.3 is 20.4 Å². The van der Waals surface area contributed by atoms with E-state index < -0.39 is 12.1 Å². The van der Waals surface area contributed by atoms with Gasteiger partial charge in [-0.15, -0.1) is 0 Å². The first-order valence-electron chi connectivity index (χ1n) is 15.4. The number of aromatic nitrogens is 2. The Morgan fingerprint density at radius 3 is 2.57 bits per heavy atom. The third kappa shape index (κ3) is 6.84.